The van der Waals surface area contributed by atoms with Crippen LogP contribution in [0.1, 0.15) is 18.4 Å². The van der Waals surface area contributed by atoms with E-state index in [1.165, 1.54) is 12.8 Å². The van der Waals surface area contributed by atoms with E-state index in [0.29, 0.717) is 12.2 Å². The van der Waals surface area contributed by atoms with Crippen LogP contribution in [0.25, 0.3) is 0 Å². The van der Waals surface area contributed by atoms with Crippen LogP contribution >= 0.6 is 0 Å². The lowest BCUT2D eigenvalue weighted by molar-refractivity contribution is -0.115. The summed E-state index contributed by atoms with van der Waals surface area (Å²) in [4.78, 5) is 18.7. The number of nitrogens with zero attached hydrogens (tertiary/aromatic N) is 2. The third-order valence-electron chi connectivity index (χ3n) is 4.01. The second-order valence-electron chi connectivity index (χ2n) is 5.67. The molecule has 1 saturated heterocycles. The maximum Gasteiger partial charge on any atom is 0.229 e. The summed E-state index contributed by atoms with van der Waals surface area (Å²) in [6, 6.07) is 11.4. The van der Waals surface area contributed by atoms with Crippen LogP contribution < -0.4 is 15.0 Å². The van der Waals surface area contributed by atoms with Crippen LogP contribution in [-0.4, -0.2) is 31.1 Å². The van der Waals surface area contributed by atoms with E-state index >= 15 is 0 Å². The molecule has 1 N–H and O–H groups in total. The van der Waals surface area contributed by atoms with Crippen molar-refractivity contribution < 1.29 is 9.53 Å². The first-order valence-electron chi connectivity index (χ1n) is 7.88. The minimum atomic E-state index is -0.0726. The number of aromatic nitrogens is 1. The van der Waals surface area contributed by atoms with Gasteiger partial charge in [-0.25, -0.2) is 4.98 Å². The highest BCUT2D eigenvalue weighted by Crippen LogP contribution is 2.20. The molecule has 1 aliphatic rings. The van der Waals surface area contributed by atoms with Crippen molar-refractivity contribution in [3.05, 3.63) is 48.2 Å². The molecule has 5 heteroatoms. The summed E-state index contributed by atoms with van der Waals surface area (Å²) in [6.07, 6.45) is 4.62. The van der Waals surface area contributed by atoms with Gasteiger partial charge in [0, 0.05) is 13.1 Å². The highest BCUT2D eigenvalue weighted by molar-refractivity contribution is 5.91. The summed E-state index contributed by atoms with van der Waals surface area (Å²) in [5.41, 5.74) is 2.06. The zero-order valence-corrected chi connectivity index (χ0v) is 13.3. The quantitative estimate of drug-likeness (QED) is 0.922. The molecule has 0 spiro atoms. The first-order valence-corrected chi connectivity index (χ1v) is 7.88. The Morgan fingerprint density at radius 2 is 1.91 bits per heavy atom. The second kappa shape index (κ2) is 7.13. The van der Waals surface area contributed by atoms with Crippen molar-refractivity contribution in [2.75, 3.05) is 30.4 Å². The molecule has 23 heavy (non-hydrogen) atoms. The van der Waals surface area contributed by atoms with Crippen LogP contribution in [0, 0.1) is 0 Å². The Kier molecular flexibility index (Phi) is 4.76. The molecule has 1 amide bonds. The molecule has 0 bridgehead atoms. The number of nitrogens with one attached hydrogen (secondary N) is 1. The summed E-state index contributed by atoms with van der Waals surface area (Å²) in [6.45, 7) is 2.18. The molecule has 1 aromatic carbocycles. The smallest absolute Gasteiger partial charge is 0.229 e. The first kappa shape index (κ1) is 15.3. The zero-order valence-electron chi connectivity index (χ0n) is 13.3. The van der Waals surface area contributed by atoms with Crippen LogP contribution in [0.5, 0.6) is 5.75 Å². The van der Waals surface area contributed by atoms with Crippen molar-refractivity contribution in [2.24, 2.45) is 0 Å². The van der Waals surface area contributed by atoms with Gasteiger partial charge in [-0.05, 0) is 42.7 Å². The van der Waals surface area contributed by atoms with Crippen molar-refractivity contribution in [1.82, 2.24) is 4.98 Å². The standard InChI is InChI=1S/C18H21N3O2/c1-23-16-7-4-14(5-8-16)12-18(22)20-17-9-6-15(13-19-17)21-10-2-3-11-21/h4-9,13H,2-3,10-12H2,1H3,(H,19,20,22). The Bertz CT molecular complexity index is 647. The molecule has 5 nitrogen and oxygen atoms in total. The molecule has 1 aromatic heterocycles. The Balaban J connectivity index is 1.56. The van der Waals surface area contributed by atoms with Gasteiger partial charge in [0.1, 0.15) is 11.6 Å². The molecule has 0 aliphatic carbocycles. The molecule has 2 aromatic rings. The van der Waals surface area contributed by atoms with Crippen LogP contribution in [0.3, 0.4) is 0 Å². The van der Waals surface area contributed by atoms with E-state index in [-0.39, 0.29) is 5.91 Å². The molecular formula is C18H21N3O2. The fraction of sp³-hybridized carbons (Fsp3) is 0.333. The number of hydrogen-bond acceptors (Lipinski definition) is 4. The average molecular weight is 311 g/mol. The predicted molar refractivity (Wildman–Crippen MR) is 91.0 cm³/mol. The molecule has 2 heterocycles. The Labute approximate surface area is 136 Å². The van der Waals surface area contributed by atoms with Crippen molar-refractivity contribution in [3.63, 3.8) is 0 Å². The molecule has 120 valence electrons. The Morgan fingerprint density at radius 3 is 2.52 bits per heavy atom. The highest BCUT2D eigenvalue weighted by Gasteiger charge is 2.12. The van der Waals surface area contributed by atoms with Crippen LogP contribution in [0.15, 0.2) is 42.6 Å². The summed E-state index contributed by atoms with van der Waals surface area (Å²) < 4.78 is 5.11. The number of ether oxygens (including phenoxy) is 1. The lowest BCUT2D eigenvalue weighted by Gasteiger charge is -2.17. The van der Waals surface area contributed by atoms with Gasteiger partial charge in [-0.1, -0.05) is 12.1 Å². The number of rotatable bonds is 5. The van der Waals surface area contributed by atoms with Gasteiger partial charge in [0.15, 0.2) is 0 Å². The van der Waals surface area contributed by atoms with Crippen molar-refractivity contribution in [3.8, 4) is 5.75 Å². The molecule has 0 radical (unpaired) electrons. The molecule has 0 unspecified atom stereocenters. The zero-order chi connectivity index (χ0) is 16.1. The number of hydrogen-bond donors (Lipinski definition) is 1. The van der Waals surface area contributed by atoms with Gasteiger partial charge in [0.2, 0.25) is 5.91 Å². The SMILES string of the molecule is COc1ccc(CC(=O)Nc2ccc(N3CCCC3)cn2)cc1. The second-order valence-corrected chi connectivity index (χ2v) is 5.67. The monoisotopic (exact) mass is 311 g/mol. The van der Waals surface area contributed by atoms with E-state index < -0.39 is 0 Å². The first-order chi connectivity index (χ1) is 11.2. The maximum atomic E-state index is 12.1. The van der Waals surface area contributed by atoms with E-state index in [1.54, 1.807) is 7.11 Å². The largest absolute Gasteiger partial charge is 0.497 e. The number of benzene rings is 1. The number of methoxy groups -OCH3 is 1. The summed E-state index contributed by atoms with van der Waals surface area (Å²) >= 11 is 0. The van der Waals surface area contributed by atoms with Gasteiger partial charge >= 0.3 is 0 Å². The van der Waals surface area contributed by atoms with E-state index in [1.807, 2.05) is 42.6 Å². The molecule has 1 aliphatic heterocycles. The van der Waals surface area contributed by atoms with Crippen LogP contribution in [-0.2, 0) is 11.2 Å². The maximum absolute atomic E-state index is 12.1. The van der Waals surface area contributed by atoms with Crippen LogP contribution in [0.4, 0.5) is 11.5 Å². The van der Waals surface area contributed by atoms with E-state index in [4.69, 9.17) is 4.74 Å². The number of amides is 1. The molecule has 1 fully saturated rings. The number of pyridine rings is 1. The van der Waals surface area contributed by atoms with Gasteiger partial charge in [0.25, 0.3) is 0 Å². The van der Waals surface area contributed by atoms with Crippen molar-refractivity contribution >= 4 is 17.4 Å². The number of carbonyl (C=O) groups is 1. The fourth-order valence-electron chi connectivity index (χ4n) is 2.74. The summed E-state index contributed by atoms with van der Waals surface area (Å²) in [5, 5.41) is 2.84. The van der Waals surface area contributed by atoms with Gasteiger partial charge in [-0.3, -0.25) is 4.79 Å². The van der Waals surface area contributed by atoms with Crippen molar-refractivity contribution in [1.29, 1.82) is 0 Å². The Hall–Kier alpha value is -2.56. The lowest BCUT2D eigenvalue weighted by atomic mass is 10.1. The van der Waals surface area contributed by atoms with Gasteiger partial charge < -0.3 is 15.0 Å². The third-order valence-corrected chi connectivity index (χ3v) is 4.01. The van der Waals surface area contributed by atoms with Gasteiger partial charge in [0.05, 0.1) is 25.4 Å². The predicted octanol–water partition coefficient (Wildman–Crippen LogP) is 2.87. The van der Waals surface area contributed by atoms with Crippen LogP contribution in [0.2, 0.25) is 0 Å². The minimum Gasteiger partial charge on any atom is -0.497 e. The Morgan fingerprint density at radius 1 is 1.17 bits per heavy atom. The minimum absolute atomic E-state index is 0.0726. The normalized spacial score (nSPS) is 13.9. The number of anilines is 2. The third kappa shape index (κ3) is 4.00. The number of carbonyl (C=O) groups excluding carboxylic acids is 1. The topological polar surface area (TPSA) is 54.5 Å². The van der Waals surface area contributed by atoms with E-state index in [9.17, 15) is 4.79 Å². The van der Waals surface area contributed by atoms with E-state index in [2.05, 4.69) is 15.2 Å². The lowest BCUT2D eigenvalue weighted by Crippen LogP contribution is -2.18. The molecule has 0 saturated carbocycles. The van der Waals surface area contributed by atoms with Gasteiger partial charge in [-0.15, -0.1) is 0 Å². The molecular weight excluding hydrogens is 290 g/mol. The summed E-state index contributed by atoms with van der Waals surface area (Å²) in [7, 11) is 1.62. The molecule has 0 atom stereocenters. The summed E-state index contributed by atoms with van der Waals surface area (Å²) in [5.74, 6) is 1.30. The average Bonchev–Trinajstić information content (AvgIpc) is 3.11. The molecule has 3 rings (SSSR count). The fourth-order valence-corrected chi connectivity index (χ4v) is 2.74. The highest BCUT2D eigenvalue weighted by atomic mass is 16.5. The van der Waals surface area contributed by atoms with Gasteiger partial charge in [-0.2, -0.15) is 0 Å². The van der Waals surface area contributed by atoms with E-state index in [0.717, 1.165) is 30.1 Å². The van der Waals surface area contributed by atoms with Crippen molar-refractivity contribution in [2.45, 2.75) is 19.3 Å².